The highest BCUT2D eigenvalue weighted by atomic mass is 19.1. The third-order valence-corrected chi connectivity index (χ3v) is 7.23. The van der Waals surface area contributed by atoms with Crippen LogP contribution in [-0.4, -0.2) is 40.0 Å². The van der Waals surface area contributed by atoms with Gasteiger partial charge in [0.2, 0.25) is 5.82 Å². The Balaban J connectivity index is 1.66. The third kappa shape index (κ3) is 2.76. The van der Waals surface area contributed by atoms with E-state index in [1.165, 1.54) is 12.1 Å². The number of nitrogens with zero attached hydrogens (tertiary/aromatic N) is 3. The smallest absolute Gasteiger partial charge is 0.300 e. The molecule has 5 rings (SSSR count). The van der Waals surface area contributed by atoms with Crippen molar-refractivity contribution in [1.29, 1.82) is 0 Å². The summed E-state index contributed by atoms with van der Waals surface area (Å²) < 4.78 is 13.8. The van der Waals surface area contributed by atoms with Crippen molar-refractivity contribution in [2.45, 2.75) is 32.7 Å². The van der Waals surface area contributed by atoms with Crippen LogP contribution in [0.5, 0.6) is 0 Å². The Kier molecular flexibility index (Phi) is 4.75. The molecule has 0 saturated carbocycles. The number of allylic oxidation sites excluding steroid dienone is 5. The predicted molar refractivity (Wildman–Crippen MR) is 115 cm³/mol. The van der Waals surface area contributed by atoms with Crippen LogP contribution >= 0.6 is 0 Å². The van der Waals surface area contributed by atoms with Crippen molar-refractivity contribution >= 4 is 5.91 Å². The van der Waals surface area contributed by atoms with E-state index in [4.69, 9.17) is 0 Å². The largest absolute Gasteiger partial charge is 0.366 e. The van der Waals surface area contributed by atoms with Gasteiger partial charge in [-0.1, -0.05) is 18.2 Å². The van der Waals surface area contributed by atoms with E-state index < -0.39 is 0 Å². The molecule has 0 radical (unpaired) electrons. The molecule has 4 atom stereocenters. The van der Waals surface area contributed by atoms with Gasteiger partial charge in [0.05, 0.1) is 12.6 Å². The van der Waals surface area contributed by atoms with E-state index in [-0.39, 0.29) is 22.4 Å². The SMILES string of the molecule is CCN1C(C)=CC(=O)[N+]2(N3CC[C@H]4C=CC[C@H]4C3)C1=CC=CC2c1ccc(F)cc1. The summed E-state index contributed by atoms with van der Waals surface area (Å²) >= 11 is 0. The summed E-state index contributed by atoms with van der Waals surface area (Å²) in [5.41, 5.74) is 1.94. The van der Waals surface area contributed by atoms with Crippen LogP contribution in [0, 0.1) is 17.7 Å². The van der Waals surface area contributed by atoms with Crippen LogP contribution in [0.25, 0.3) is 0 Å². The van der Waals surface area contributed by atoms with Gasteiger partial charge in [-0.25, -0.2) is 9.18 Å². The monoisotopic (exact) mass is 406 g/mol. The second-order valence-corrected chi connectivity index (χ2v) is 8.75. The molecule has 1 aliphatic carbocycles. The first-order chi connectivity index (χ1) is 14.6. The van der Waals surface area contributed by atoms with E-state index in [0.29, 0.717) is 11.8 Å². The molecule has 156 valence electrons. The predicted octanol–water partition coefficient (Wildman–Crippen LogP) is 4.67. The maximum atomic E-state index is 13.9. The first-order valence-corrected chi connectivity index (χ1v) is 11.0. The molecular formula is C25H29FN3O+. The lowest BCUT2D eigenvalue weighted by molar-refractivity contribution is -0.965. The molecule has 0 spiro atoms. The van der Waals surface area contributed by atoms with Gasteiger partial charge in [0.25, 0.3) is 0 Å². The number of carbonyl (C=O) groups excluding carboxylic acids is 1. The average molecular weight is 407 g/mol. The lowest BCUT2D eigenvalue weighted by Crippen LogP contribution is -2.70. The van der Waals surface area contributed by atoms with Crippen LogP contribution < -0.4 is 0 Å². The number of fused-ring (bicyclic) bond motifs is 2. The highest BCUT2D eigenvalue weighted by molar-refractivity contribution is 5.84. The molecule has 4 nitrogen and oxygen atoms in total. The van der Waals surface area contributed by atoms with E-state index in [0.717, 1.165) is 49.6 Å². The first-order valence-electron chi connectivity index (χ1n) is 11.0. The molecule has 0 bridgehead atoms. The zero-order valence-corrected chi connectivity index (χ0v) is 17.7. The maximum absolute atomic E-state index is 13.9. The van der Waals surface area contributed by atoms with E-state index in [9.17, 15) is 9.18 Å². The second-order valence-electron chi connectivity index (χ2n) is 8.75. The third-order valence-electron chi connectivity index (χ3n) is 7.23. The Labute approximate surface area is 177 Å². The normalized spacial score (nSPS) is 33.2. The van der Waals surface area contributed by atoms with Gasteiger partial charge in [-0.2, -0.15) is 0 Å². The van der Waals surface area contributed by atoms with Crippen molar-refractivity contribution < 1.29 is 13.8 Å². The van der Waals surface area contributed by atoms with Crippen LogP contribution in [0.1, 0.15) is 38.3 Å². The number of rotatable bonds is 3. The number of piperidine rings is 1. The fourth-order valence-corrected chi connectivity index (χ4v) is 5.79. The maximum Gasteiger partial charge on any atom is 0.366 e. The molecule has 1 saturated heterocycles. The molecule has 3 heterocycles. The molecule has 3 aliphatic heterocycles. The van der Waals surface area contributed by atoms with Gasteiger partial charge in [-0.05, 0) is 68.9 Å². The van der Waals surface area contributed by atoms with Crippen LogP contribution in [0.2, 0.25) is 0 Å². The molecule has 30 heavy (non-hydrogen) atoms. The zero-order valence-electron chi connectivity index (χ0n) is 17.7. The van der Waals surface area contributed by atoms with E-state index >= 15 is 0 Å². The van der Waals surface area contributed by atoms with Gasteiger partial charge >= 0.3 is 5.91 Å². The van der Waals surface area contributed by atoms with Gasteiger partial charge in [-0.15, -0.1) is 9.60 Å². The van der Waals surface area contributed by atoms with Crippen LogP contribution in [0.15, 0.2) is 72.2 Å². The number of hydrogen-bond donors (Lipinski definition) is 0. The lowest BCUT2D eigenvalue weighted by Gasteiger charge is -2.54. The zero-order chi connectivity index (χ0) is 20.9. The van der Waals surface area contributed by atoms with Crippen LogP contribution in [-0.2, 0) is 4.79 Å². The first kappa shape index (κ1) is 19.5. The highest BCUT2D eigenvalue weighted by Crippen LogP contribution is 2.47. The molecule has 0 aromatic heterocycles. The van der Waals surface area contributed by atoms with Gasteiger partial charge in [-0.3, -0.25) is 4.90 Å². The minimum absolute atomic E-state index is 0.0894. The molecule has 2 unspecified atom stereocenters. The number of amides is 1. The van der Waals surface area contributed by atoms with Crippen molar-refractivity contribution in [3.05, 3.63) is 83.6 Å². The van der Waals surface area contributed by atoms with Gasteiger partial charge in [0.15, 0.2) is 6.04 Å². The fraction of sp³-hybridized carbons (Fsp3) is 0.400. The Hall–Kier alpha value is -2.50. The second kappa shape index (κ2) is 7.33. The van der Waals surface area contributed by atoms with E-state index in [2.05, 4.69) is 47.2 Å². The molecule has 5 heteroatoms. The topological polar surface area (TPSA) is 23.6 Å². The average Bonchev–Trinajstić information content (AvgIpc) is 3.22. The van der Waals surface area contributed by atoms with E-state index in [1.807, 2.05) is 19.1 Å². The number of quaternary nitrogens is 1. The van der Waals surface area contributed by atoms with Crippen molar-refractivity contribution in [3.8, 4) is 0 Å². The fourth-order valence-electron chi connectivity index (χ4n) is 5.79. The molecule has 1 fully saturated rings. The van der Waals surface area contributed by atoms with Gasteiger partial charge in [0, 0.05) is 30.4 Å². The Morgan fingerprint density at radius 1 is 1.20 bits per heavy atom. The molecule has 4 aliphatic rings. The summed E-state index contributed by atoms with van der Waals surface area (Å²) in [5, 5.41) is 2.38. The van der Waals surface area contributed by atoms with Crippen molar-refractivity contribution in [2.24, 2.45) is 11.8 Å². The Bertz CT molecular complexity index is 977. The Morgan fingerprint density at radius 3 is 2.77 bits per heavy atom. The summed E-state index contributed by atoms with van der Waals surface area (Å²) in [6, 6.07) is 6.44. The van der Waals surface area contributed by atoms with Crippen LogP contribution in [0.4, 0.5) is 4.39 Å². The van der Waals surface area contributed by atoms with Crippen molar-refractivity contribution in [3.63, 3.8) is 0 Å². The van der Waals surface area contributed by atoms with E-state index in [1.54, 1.807) is 6.08 Å². The highest BCUT2D eigenvalue weighted by Gasteiger charge is 2.58. The lowest BCUT2D eigenvalue weighted by atomic mass is 9.88. The Morgan fingerprint density at radius 2 is 2.00 bits per heavy atom. The summed E-state index contributed by atoms with van der Waals surface area (Å²) in [6.07, 6.45) is 14.9. The molecule has 1 aromatic rings. The minimum atomic E-state index is -0.255. The molecular weight excluding hydrogens is 377 g/mol. The van der Waals surface area contributed by atoms with Gasteiger partial charge < -0.3 is 0 Å². The van der Waals surface area contributed by atoms with Gasteiger partial charge in [0.1, 0.15) is 5.82 Å². The van der Waals surface area contributed by atoms with Crippen molar-refractivity contribution in [2.75, 3.05) is 19.6 Å². The summed E-state index contributed by atoms with van der Waals surface area (Å²) in [5.74, 6) is 2.02. The van der Waals surface area contributed by atoms with Crippen molar-refractivity contribution in [1.82, 2.24) is 9.91 Å². The van der Waals surface area contributed by atoms with Crippen LogP contribution in [0.3, 0.4) is 0 Å². The summed E-state index contributed by atoms with van der Waals surface area (Å²) in [6.45, 7) is 6.68. The molecule has 1 aromatic carbocycles. The number of carbonyl (C=O) groups is 1. The minimum Gasteiger partial charge on any atom is -0.300 e. The number of benzene rings is 1. The molecule has 0 N–H and O–H groups in total. The standard InChI is InChI=1S/C25H29FN3O/c1-3-28-18(2)16-25(30)29(27-15-14-19-6-4-7-21(19)17-27)23(8-5-9-24(28)29)20-10-12-22(26)13-11-20/h4-6,8-13,16,19,21,23H,3,7,14-15,17H2,1-2H3/q+1/t19-,21+,23?,29?/m1/s1. The summed E-state index contributed by atoms with van der Waals surface area (Å²) in [4.78, 5) is 16.2. The summed E-state index contributed by atoms with van der Waals surface area (Å²) in [7, 11) is 0. The molecule has 1 amide bonds. The quantitative estimate of drug-likeness (QED) is 0.538. The number of hydrogen-bond acceptors (Lipinski definition) is 3. The number of halogens is 1.